The maximum Gasteiger partial charge on any atom is 0.330 e. The Hall–Kier alpha value is -1.43. The lowest BCUT2D eigenvalue weighted by Crippen LogP contribution is -2.20. The molecule has 1 heterocycles. The lowest BCUT2D eigenvalue weighted by atomic mass is 10.3. The summed E-state index contributed by atoms with van der Waals surface area (Å²) in [5.41, 5.74) is 0.484. The molecule has 6 nitrogen and oxygen atoms in total. The molecule has 0 aliphatic heterocycles. The van der Waals surface area contributed by atoms with E-state index >= 15 is 0 Å². The zero-order chi connectivity index (χ0) is 9.84. The van der Waals surface area contributed by atoms with Crippen LogP contribution in [0.5, 0.6) is 0 Å². The van der Waals surface area contributed by atoms with Crippen molar-refractivity contribution in [3.63, 3.8) is 0 Å². The molecule has 0 saturated heterocycles. The molecule has 1 aromatic rings. The summed E-state index contributed by atoms with van der Waals surface area (Å²) in [7, 11) is 1.30. The van der Waals surface area contributed by atoms with E-state index in [0.29, 0.717) is 5.69 Å². The molecular formula is C7H11N3O3. The Bertz CT molecular complexity index is 297. The van der Waals surface area contributed by atoms with Gasteiger partial charge in [0.25, 0.3) is 0 Å². The number of hydrogen-bond donors (Lipinski definition) is 1. The number of nitrogens with zero attached hydrogens (tertiary/aromatic N) is 3. The van der Waals surface area contributed by atoms with Gasteiger partial charge in [-0.15, -0.1) is 5.10 Å². The molecule has 6 heteroatoms. The van der Waals surface area contributed by atoms with Crippen molar-refractivity contribution in [3.05, 3.63) is 11.9 Å². The topological polar surface area (TPSA) is 77.2 Å². The summed E-state index contributed by atoms with van der Waals surface area (Å²) in [6.07, 6.45) is 1.40. The van der Waals surface area contributed by atoms with E-state index in [1.54, 1.807) is 6.92 Å². The summed E-state index contributed by atoms with van der Waals surface area (Å²) < 4.78 is 5.85. The molecule has 0 aliphatic carbocycles. The second kappa shape index (κ2) is 3.99. The van der Waals surface area contributed by atoms with Crippen LogP contribution in [0.1, 0.15) is 18.7 Å². The Balaban J connectivity index is 2.87. The smallest absolute Gasteiger partial charge is 0.330 e. The van der Waals surface area contributed by atoms with Crippen LogP contribution < -0.4 is 0 Å². The number of aromatic nitrogens is 3. The van der Waals surface area contributed by atoms with Crippen LogP contribution in [-0.2, 0) is 16.1 Å². The maximum atomic E-state index is 11.1. The quantitative estimate of drug-likeness (QED) is 0.642. The van der Waals surface area contributed by atoms with Crippen LogP contribution in [-0.4, -0.2) is 33.2 Å². The van der Waals surface area contributed by atoms with E-state index in [4.69, 9.17) is 5.11 Å². The molecular weight excluding hydrogens is 174 g/mol. The second-order valence-electron chi connectivity index (χ2n) is 2.53. The predicted molar refractivity (Wildman–Crippen MR) is 42.7 cm³/mol. The summed E-state index contributed by atoms with van der Waals surface area (Å²) in [6.45, 7) is 1.42. The van der Waals surface area contributed by atoms with Crippen LogP contribution in [0.4, 0.5) is 0 Å². The first-order valence-corrected chi connectivity index (χ1v) is 3.78. The number of ether oxygens (including phenoxy) is 1. The molecule has 1 aromatic heterocycles. The first-order chi connectivity index (χ1) is 6.20. The van der Waals surface area contributed by atoms with Crippen LogP contribution in [0.2, 0.25) is 0 Å². The lowest BCUT2D eigenvalue weighted by Gasteiger charge is -2.10. The third-order valence-corrected chi connectivity index (χ3v) is 1.72. The van der Waals surface area contributed by atoms with Gasteiger partial charge in [0.15, 0.2) is 0 Å². The third-order valence-electron chi connectivity index (χ3n) is 1.72. The van der Waals surface area contributed by atoms with E-state index in [1.807, 2.05) is 0 Å². The average Bonchev–Trinajstić information content (AvgIpc) is 2.62. The van der Waals surface area contributed by atoms with Gasteiger partial charge in [-0.05, 0) is 6.92 Å². The molecule has 0 bridgehead atoms. The highest BCUT2D eigenvalue weighted by atomic mass is 16.5. The number of aliphatic hydroxyl groups is 1. The van der Waals surface area contributed by atoms with Gasteiger partial charge in [-0.1, -0.05) is 5.21 Å². The van der Waals surface area contributed by atoms with Gasteiger partial charge in [0.05, 0.1) is 25.6 Å². The Morgan fingerprint density at radius 3 is 3.08 bits per heavy atom. The highest BCUT2D eigenvalue weighted by molar-refractivity contribution is 5.73. The van der Waals surface area contributed by atoms with Crippen molar-refractivity contribution in [1.82, 2.24) is 15.0 Å². The number of hydrogen-bond acceptors (Lipinski definition) is 5. The van der Waals surface area contributed by atoms with Crippen molar-refractivity contribution in [3.8, 4) is 0 Å². The molecule has 1 rings (SSSR count). The summed E-state index contributed by atoms with van der Waals surface area (Å²) in [4.78, 5) is 11.1. The fourth-order valence-corrected chi connectivity index (χ4v) is 0.975. The van der Waals surface area contributed by atoms with Crippen molar-refractivity contribution in [2.75, 3.05) is 7.11 Å². The Morgan fingerprint density at radius 1 is 1.85 bits per heavy atom. The minimum Gasteiger partial charge on any atom is -0.467 e. The van der Waals surface area contributed by atoms with Crippen molar-refractivity contribution in [2.45, 2.75) is 19.6 Å². The normalized spacial score (nSPS) is 12.5. The fourth-order valence-electron chi connectivity index (χ4n) is 0.975. The number of rotatable bonds is 3. The van der Waals surface area contributed by atoms with Crippen LogP contribution in [0.25, 0.3) is 0 Å². The van der Waals surface area contributed by atoms with Gasteiger partial charge in [-0.3, -0.25) is 0 Å². The van der Waals surface area contributed by atoms with Crippen molar-refractivity contribution >= 4 is 5.97 Å². The van der Waals surface area contributed by atoms with Gasteiger partial charge in [0.2, 0.25) is 0 Å². The first-order valence-electron chi connectivity index (χ1n) is 3.78. The minimum absolute atomic E-state index is 0.200. The Kier molecular flexibility index (Phi) is 2.97. The van der Waals surface area contributed by atoms with Crippen LogP contribution in [0, 0.1) is 0 Å². The molecule has 0 saturated carbocycles. The fraction of sp³-hybridized carbons (Fsp3) is 0.571. The molecule has 0 spiro atoms. The molecule has 13 heavy (non-hydrogen) atoms. The van der Waals surface area contributed by atoms with Gasteiger partial charge < -0.3 is 9.84 Å². The van der Waals surface area contributed by atoms with E-state index < -0.39 is 12.0 Å². The molecule has 1 N–H and O–H groups in total. The highest BCUT2D eigenvalue weighted by Gasteiger charge is 2.18. The third kappa shape index (κ3) is 1.83. The van der Waals surface area contributed by atoms with Crippen LogP contribution in [0.15, 0.2) is 6.20 Å². The van der Waals surface area contributed by atoms with Gasteiger partial charge in [-0.25, -0.2) is 9.48 Å². The number of methoxy groups -OCH3 is 1. The summed E-state index contributed by atoms with van der Waals surface area (Å²) in [5, 5.41) is 16.1. The molecule has 72 valence electrons. The zero-order valence-electron chi connectivity index (χ0n) is 7.47. The molecule has 0 amide bonds. The van der Waals surface area contributed by atoms with Gasteiger partial charge in [-0.2, -0.15) is 0 Å². The largest absolute Gasteiger partial charge is 0.467 e. The predicted octanol–water partition coefficient (Wildman–Crippen LogP) is -0.496. The van der Waals surface area contributed by atoms with E-state index in [0.717, 1.165) is 0 Å². The SMILES string of the molecule is COC(=O)[C@@H](C)n1nncc1CO. The van der Waals surface area contributed by atoms with Gasteiger partial charge >= 0.3 is 5.97 Å². The number of carbonyl (C=O) groups excluding carboxylic acids is 1. The molecule has 1 atom stereocenters. The molecule has 0 unspecified atom stereocenters. The van der Waals surface area contributed by atoms with Gasteiger partial charge in [0, 0.05) is 0 Å². The number of carbonyl (C=O) groups is 1. The van der Waals surface area contributed by atoms with E-state index in [-0.39, 0.29) is 6.61 Å². The zero-order valence-corrected chi connectivity index (χ0v) is 7.47. The lowest BCUT2D eigenvalue weighted by molar-refractivity contribution is -0.144. The van der Waals surface area contributed by atoms with Crippen LogP contribution in [0.3, 0.4) is 0 Å². The highest BCUT2D eigenvalue weighted by Crippen LogP contribution is 2.08. The Labute approximate surface area is 75.1 Å². The summed E-state index contributed by atoms with van der Waals surface area (Å²) >= 11 is 0. The minimum atomic E-state index is -0.561. The number of esters is 1. The summed E-state index contributed by atoms with van der Waals surface area (Å²) in [6, 6.07) is -0.561. The summed E-state index contributed by atoms with van der Waals surface area (Å²) in [5.74, 6) is -0.416. The van der Waals surface area contributed by atoms with Crippen molar-refractivity contribution < 1.29 is 14.6 Å². The van der Waals surface area contributed by atoms with E-state index in [1.165, 1.54) is 18.0 Å². The monoisotopic (exact) mass is 185 g/mol. The van der Waals surface area contributed by atoms with E-state index in [2.05, 4.69) is 15.0 Å². The van der Waals surface area contributed by atoms with Crippen molar-refractivity contribution in [1.29, 1.82) is 0 Å². The van der Waals surface area contributed by atoms with E-state index in [9.17, 15) is 4.79 Å². The molecule has 0 radical (unpaired) electrons. The Morgan fingerprint density at radius 2 is 2.54 bits per heavy atom. The first kappa shape index (κ1) is 9.66. The molecule has 0 fully saturated rings. The molecule has 0 aromatic carbocycles. The van der Waals surface area contributed by atoms with Gasteiger partial charge in [0.1, 0.15) is 6.04 Å². The average molecular weight is 185 g/mol. The van der Waals surface area contributed by atoms with Crippen molar-refractivity contribution in [2.24, 2.45) is 0 Å². The van der Waals surface area contributed by atoms with Crippen LogP contribution >= 0.6 is 0 Å². The maximum absolute atomic E-state index is 11.1. The molecule has 0 aliphatic rings. The second-order valence-corrected chi connectivity index (χ2v) is 2.53. The standard InChI is InChI=1S/C7H11N3O3/c1-5(7(12)13-2)10-6(4-11)3-8-9-10/h3,5,11H,4H2,1-2H3/t5-/m1/s1. The number of aliphatic hydroxyl groups excluding tert-OH is 1.